The van der Waals surface area contributed by atoms with Gasteiger partial charge in [0.15, 0.2) is 0 Å². The molecule has 1 N–H and O–H groups in total. The maximum Gasteiger partial charge on any atom is 0.282 e. The molecule has 112 valence electrons. The summed E-state index contributed by atoms with van der Waals surface area (Å²) in [7, 11) is 1.69. The molecule has 2 rings (SSSR count). The predicted octanol–water partition coefficient (Wildman–Crippen LogP) is 1.27. The number of amides is 1. The van der Waals surface area contributed by atoms with Gasteiger partial charge in [0.05, 0.1) is 6.61 Å². The highest BCUT2D eigenvalue weighted by Crippen LogP contribution is 2.30. The fourth-order valence-electron chi connectivity index (χ4n) is 2.31. The first-order chi connectivity index (χ1) is 9.69. The number of carbonyl (C=O) groups excluding carboxylic acids is 1. The average molecular weight is 299 g/mol. The molecule has 6 nitrogen and oxygen atoms in total. The van der Waals surface area contributed by atoms with Gasteiger partial charge in [-0.2, -0.15) is 0 Å². The standard InChI is InChI=1S/C13H21N3O3S/c1-3-10-15-16-12(20-10)11(17)14-8-13(9-18-2)4-6-19-7-5-13/h3-9H2,1-2H3,(H,14,17). The lowest BCUT2D eigenvalue weighted by atomic mass is 9.81. The maximum atomic E-state index is 12.1. The molecule has 20 heavy (non-hydrogen) atoms. The number of rotatable bonds is 6. The second-order valence-corrected chi connectivity index (χ2v) is 6.14. The van der Waals surface area contributed by atoms with Gasteiger partial charge in [0.2, 0.25) is 5.01 Å². The number of methoxy groups -OCH3 is 1. The molecule has 0 bridgehead atoms. The third kappa shape index (κ3) is 3.74. The summed E-state index contributed by atoms with van der Waals surface area (Å²) in [5, 5.41) is 12.2. The monoisotopic (exact) mass is 299 g/mol. The van der Waals surface area contributed by atoms with Crippen molar-refractivity contribution in [1.82, 2.24) is 15.5 Å². The number of aryl methyl sites for hydroxylation is 1. The van der Waals surface area contributed by atoms with Crippen LogP contribution >= 0.6 is 11.3 Å². The van der Waals surface area contributed by atoms with Crippen LogP contribution in [0.2, 0.25) is 0 Å². The van der Waals surface area contributed by atoms with Crippen molar-refractivity contribution in [2.24, 2.45) is 5.41 Å². The number of hydrogen-bond acceptors (Lipinski definition) is 6. The normalized spacial score (nSPS) is 17.9. The summed E-state index contributed by atoms with van der Waals surface area (Å²) in [6.07, 6.45) is 2.60. The SMILES string of the molecule is CCc1nnc(C(=O)NCC2(COC)CCOCC2)s1. The van der Waals surface area contributed by atoms with Gasteiger partial charge in [0.25, 0.3) is 5.91 Å². The number of aromatic nitrogens is 2. The van der Waals surface area contributed by atoms with Crippen LogP contribution in [-0.2, 0) is 15.9 Å². The Morgan fingerprint density at radius 3 is 2.80 bits per heavy atom. The number of carbonyl (C=O) groups is 1. The molecule has 1 aliphatic rings. The van der Waals surface area contributed by atoms with Crippen LogP contribution in [0.25, 0.3) is 0 Å². The van der Waals surface area contributed by atoms with Gasteiger partial charge in [0, 0.05) is 32.3 Å². The topological polar surface area (TPSA) is 73.3 Å². The maximum absolute atomic E-state index is 12.1. The van der Waals surface area contributed by atoms with Gasteiger partial charge >= 0.3 is 0 Å². The van der Waals surface area contributed by atoms with E-state index in [1.807, 2.05) is 6.92 Å². The molecule has 0 spiro atoms. The molecule has 0 radical (unpaired) electrons. The van der Waals surface area contributed by atoms with Crippen molar-refractivity contribution in [3.05, 3.63) is 10.0 Å². The quantitative estimate of drug-likeness (QED) is 0.856. The fourth-order valence-corrected chi connectivity index (χ4v) is 3.01. The van der Waals surface area contributed by atoms with Gasteiger partial charge in [-0.05, 0) is 19.3 Å². The average Bonchev–Trinajstić information content (AvgIpc) is 2.95. The summed E-state index contributed by atoms with van der Waals surface area (Å²) in [6.45, 7) is 4.66. The first-order valence-electron chi connectivity index (χ1n) is 6.86. The van der Waals surface area contributed by atoms with Gasteiger partial charge in [-0.1, -0.05) is 18.3 Å². The number of ether oxygens (including phenoxy) is 2. The van der Waals surface area contributed by atoms with E-state index in [-0.39, 0.29) is 11.3 Å². The number of nitrogens with zero attached hydrogens (tertiary/aromatic N) is 2. The minimum atomic E-state index is -0.149. The van der Waals surface area contributed by atoms with E-state index in [0.29, 0.717) is 18.2 Å². The van der Waals surface area contributed by atoms with Crippen molar-refractivity contribution in [3.8, 4) is 0 Å². The van der Waals surface area contributed by atoms with E-state index < -0.39 is 0 Å². The van der Waals surface area contributed by atoms with Crippen LogP contribution in [0.3, 0.4) is 0 Å². The van der Waals surface area contributed by atoms with Crippen LogP contribution in [0.5, 0.6) is 0 Å². The van der Waals surface area contributed by atoms with Crippen molar-refractivity contribution in [2.45, 2.75) is 26.2 Å². The van der Waals surface area contributed by atoms with E-state index in [9.17, 15) is 4.79 Å². The van der Waals surface area contributed by atoms with Gasteiger partial charge in [-0.3, -0.25) is 4.79 Å². The van der Waals surface area contributed by atoms with Crippen LogP contribution in [0.1, 0.15) is 34.6 Å². The Labute approximate surface area is 122 Å². The third-order valence-electron chi connectivity index (χ3n) is 3.59. The molecule has 0 atom stereocenters. The van der Waals surface area contributed by atoms with Crippen LogP contribution in [-0.4, -0.2) is 49.6 Å². The van der Waals surface area contributed by atoms with Gasteiger partial charge in [-0.15, -0.1) is 10.2 Å². The van der Waals surface area contributed by atoms with E-state index in [2.05, 4.69) is 15.5 Å². The van der Waals surface area contributed by atoms with Gasteiger partial charge in [0.1, 0.15) is 5.01 Å². The van der Waals surface area contributed by atoms with Crippen molar-refractivity contribution < 1.29 is 14.3 Å². The zero-order valence-corrected chi connectivity index (χ0v) is 12.8. The first-order valence-corrected chi connectivity index (χ1v) is 7.68. The van der Waals surface area contributed by atoms with E-state index in [0.717, 1.165) is 37.5 Å². The Morgan fingerprint density at radius 2 is 2.20 bits per heavy atom. The van der Waals surface area contributed by atoms with Crippen LogP contribution < -0.4 is 5.32 Å². The molecule has 2 heterocycles. The minimum absolute atomic E-state index is 0.0269. The Hall–Kier alpha value is -1.05. The molecule has 1 saturated heterocycles. The summed E-state index contributed by atoms with van der Waals surface area (Å²) < 4.78 is 10.7. The zero-order chi connectivity index (χ0) is 14.4. The summed E-state index contributed by atoms with van der Waals surface area (Å²) >= 11 is 1.35. The van der Waals surface area contributed by atoms with Gasteiger partial charge < -0.3 is 14.8 Å². The Kier molecular flexibility index (Phi) is 5.45. The lowest BCUT2D eigenvalue weighted by molar-refractivity contribution is -0.0261. The van der Waals surface area contributed by atoms with Gasteiger partial charge in [-0.25, -0.2) is 0 Å². The molecule has 1 fully saturated rings. The third-order valence-corrected chi connectivity index (χ3v) is 4.66. The molecule has 1 amide bonds. The summed E-state index contributed by atoms with van der Waals surface area (Å²) in [5.41, 5.74) is -0.0269. The minimum Gasteiger partial charge on any atom is -0.384 e. The molecule has 1 aliphatic heterocycles. The van der Waals surface area contributed by atoms with Crippen molar-refractivity contribution >= 4 is 17.2 Å². The zero-order valence-electron chi connectivity index (χ0n) is 12.0. The molecule has 0 aromatic carbocycles. The van der Waals surface area contributed by atoms with E-state index in [1.54, 1.807) is 7.11 Å². The largest absolute Gasteiger partial charge is 0.384 e. The summed E-state index contributed by atoms with van der Waals surface area (Å²) in [4.78, 5) is 12.1. The fraction of sp³-hybridized carbons (Fsp3) is 0.769. The molecular formula is C13H21N3O3S. The molecular weight excluding hydrogens is 278 g/mol. The highest BCUT2D eigenvalue weighted by atomic mass is 32.1. The number of hydrogen-bond donors (Lipinski definition) is 1. The summed E-state index contributed by atoms with van der Waals surface area (Å²) in [6, 6.07) is 0. The smallest absolute Gasteiger partial charge is 0.282 e. The molecule has 0 aliphatic carbocycles. The van der Waals surface area contributed by atoms with Crippen molar-refractivity contribution in [1.29, 1.82) is 0 Å². The lowest BCUT2D eigenvalue weighted by Crippen LogP contribution is -2.44. The first kappa shape index (κ1) is 15.3. The molecule has 1 aromatic heterocycles. The Balaban J connectivity index is 1.93. The number of nitrogens with one attached hydrogen (secondary N) is 1. The molecule has 1 aromatic rings. The van der Waals surface area contributed by atoms with Crippen molar-refractivity contribution in [3.63, 3.8) is 0 Å². The highest BCUT2D eigenvalue weighted by Gasteiger charge is 2.33. The molecule has 7 heteroatoms. The molecule has 0 saturated carbocycles. The highest BCUT2D eigenvalue weighted by molar-refractivity contribution is 7.13. The van der Waals surface area contributed by atoms with Crippen LogP contribution in [0.4, 0.5) is 0 Å². The van der Waals surface area contributed by atoms with E-state index in [1.165, 1.54) is 11.3 Å². The second-order valence-electron chi connectivity index (χ2n) is 5.08. The Morgan fingerprint density at radius 1 is 1.45 bits per heavy atom. The van der Waals surface area contributed by atoms with Crippen LogP contribution in [0, 0.1) is 5.41 Å². The predicted molar refractivity (Wildman–Crippen MR) is 76.0 cm³/mol. The Bertz CT molecular complexity index is 438. The molecule has 0 unspecified atom stereocenters. The van der Waals surface area contributed by atoms with E-state index >= 15 is 0 Å². The van der Waals surface area contributed by atoms with E-state index in [4.69, 9.17) is 9.47 Å². The van der Waals surface area contributed by atoms with Crippen molar-refractivity contribution in [2.75, 3.05) is 33.5 Å². The second kappa shape index (κ2) is 7.10. The van der Waals surface area contributed by atoms with Crippen LogP contribution in [0.15, 0.2) is 0 Å². The summed E-state index contributed by atoms with van der Waals surface area (Å²) in [5.74, 6) is -0.149. The lowest BCUT2D eigenvalue weighted by Gasteiger charge is -2.36.